The molecule has 5 nitrogen and oxygen atoms in total. The van der Waals surface area contributed by atoms with Crippen molar-refractivity contribution in [1.29, 1.82) is 0 Å². The number of rotatable bonds is 4. The van der Waals surface area contributed by atoms with Crippen molar-refractivity contribution in [3.8, 4) is 11.1 Å². The van der Waals surface area contributed by atoms with Gasteiger partial charge in [-0.1, -0.05) is 31.4 Å². The first kappa shape index (κ1) is 22.4. The van der Waals surface area contributed by atoms with Crippen LogP contribution in [0, 0.1) is 6.92 Å². The van der Waals surface area contributed by atoms with Gasteiger partial charge in [-0.2, -0.15) is 0 Å². The molecule has 0 spiro atoms. The van der Waals surface area contributed by atoms with Gasteiger partial charge in [0, 0.05) is 73.2 Å². The third-order valence-electron chi connectivity index (χ3n) is 7.06. The first-order valence-corrected chi connectivity index (χ1v) is 12.1. The second kappa shape index (κ2) is 9.43. The SMILES string of the molecule is C=C1NCCCc2cc(C(=C)c3cc(-c4ccnc(N5CCN(C)CC5)c4)cnc3C)ccc21. The monoisotopic (exact) mass is 451 g/mol. The Morgan fingerprint density at radius 3 is 2.65 bits per heavy atom. The second-order valence-electron chi connectivity index (χ2n) is 9.41. The highest BCUT2D eigenvalue weighted by Gasteiger charge is 2.17. The number of benzene rings is 1. The van der Waals surface area contributed by atoms with E-state index in [-0.39, 0.29) is 0 Å². The van der Waals surface area contributed by atoms with Crippen molar-refractivity contribution in [2.45, 2.75) is 19.8 Å². The molecule has 1 saturated heterocycles. The molecular formula is C29H33N5. The van der Waals surface area contributed by atoms with Gasteiger partial charge in [-0.05, 0) is 67.3 Å². The Morgan fingerprint density at radius 2 is 1.82 bits per heavy atom. The molecule has 0 amide bonds. The molecule has 174 valence electrons. The van der Waals surface area contributed by atoms with Gasteiger partial charge in [0.1, 0.15) is 5.82 Å². The van der Waals surface area contributed by atoms with Gasteiger partial charge in [0.25, 0.3) is 0 Å². The van der Waals surface area contributed by atoms with Crippen LogP contribution < -0.4 is 10.2 Å². The van der Waals surface area contributed by atoms with Crippen molar-refractivity contribution < 1.29 is 0 Å². The number of aromatic nitrogens is 2. The largest absolute Gasteiger partial charge is 0.385 e. The summed E-state index contributed by atoms with van der Waals surface area (Å²) in [5.41, 5.74) is 10.0. The maximum Gasteiger partial charge on any atom is 0.129 e. The van der Waals surface area contributed by atoms with Crippen LogP contribution in [0.15, 0.2) is 61.9 Å². The zero-order valence-corrected chi connectivity index (χ0v) is 20.3. The number of aryl methyl sites for hydroxylation is 2. The van der Waals surface area contributed by atoms with E-state index in [1.165, 1.54) is 11.1 Å². The molecule has 1 N–H and O–H groups in total. The number of anilines is 1. The van der Waals surface area contributed by atoms with E-state index in [0.717, 1.165) is 90.6 Å². The summed E-state index contributed by atoms with van der Waals surface area (Å²) in [4.78, 5) is 14.1. The van der Waals surface area contributed by atoms with Gasteiger partial charge >= 0.3 is 0 Å². The topological polar surface area (TPSA) is 44.3 Å². The number of hydrogen-bond donors (Lipinski definition) is 1. The van der Waals surface area contributed by atoms with Crippen LogP contribution in [-0.2, 0) is 6.42 Å². The van der Waals surface area contributed by atoms with Gasteiger partial charge < -0.3 is 15.1 Å². The first-order valence-electron chi connectivity index (χ1n) is 12.1. The van der Waals surface area contributed by atoms with Crippen LogP contribution in [-0.4, -0.2) is 54.6 Å². The van der Waals surface area contributed by atoms with Crippen LogP contribution in [0.4, 0.5) is 5.82 Å². The van der Waals surface area contributed by atoms with Gasteiger partial charge in [0.05, 0.1) is 0 Å². The van der Waals surface area contributed by atoms with E-state index in [0.29, 0.717) is 0 Å². The van der Waals surface area contributed by atoms with E-state index in [1.54, 1.807) is 0 Å². The smallest absolute Gasteiger partial charge is 0.129 e. The van der Waals surface area contributed by atoms with E-state index >= 15 is 0 Å². The summed E-state index contributed by atoms with van der Waals surface area (Å²) in [7, 11) is 2.17. The summed E-state index contributed by atoms with van der Waals surface area (Å²) in [6, 6.07) is 13.1. The van der Waals surface area contributed by atoms with Crippen LogP contribution in [0.2, 0.25) is 0 Å². The van der Waals surface area contributed by atoms with Gasteiger partial charge in [-0.15, -0.1) is 0 Å². The molecule has 0 bridgehead atoms. The average Bonchev–Trinajstić information content (AvgIpc) is 3.05. The molecule has 0 unspecified atom stereocenters. The van der Waals surface area contributed by atoms with E-state index in [9.17, 15) is 0 Å². The molecule has 34 heavy (non-hydrogen) atoms. The molecule has 0 aliphatic carbocycles. The lowest BCUT2D eigenvalue weighted by Gasteiger charge is -2.33. The minimum atomic E-state index is 0.969. The summed E-state index contributed by atoms with van der Waals surface area (Å²) >= 11 is 0. The third-order valence-corrected chi connectivity index (χ3v) is 7.06. The highest BCUT2D eigenvalue weighted by Crippen LogP contribution is 2.32. The number of piperazine rings is 1. The lowest BCUT2D eigenvalue weighted by atomic mass is 9.92. The minimum absolute atomic E-state index is 0.969. The van der Waals surface area contributed by atoms with E-state index in [2.05, 4.69) is 83.6 Å². The molecule has 0 saturated carbocycles. The van der Waals surface area contributed by atoms with Gasteiger partial charge in [0.2, 0.25) is 0 Å². The molecular weight excluding hydrogens is 418 g/mol. The third kappa shape index (κ3) is 4.48. The first-order chi connectivity index (χ1) is 16.5. The van der Waals surface area contributed by atoms with Crippen LogP contribution in [0.25, 0.3) is 22.4 Å². The van der Waals surface area contributed by atoms with Crippen molar-refractivity contribution in [2.75, 3.05) is 44.7 Å². The quantitative estimate of drug-likeness (QED) is 0.619. The van der Waals surface area contributed by atoms with Crippen LogP contribution >= 0.6 is 0 Å². The highest BCUT2D eigenvalue weighted by atomic mass is 15.3. The molecule has 2 aliphatic rings. The summed E-state index contributed by atoms with van der Waals surface area (Å²) < 4.78 is 0. The summed E-state index contributed by atoms with van der Waals surface area (Å²) in [6.45, 7) is 15.8. The van der Waals surface area contributed by atoms with E-state index in [1.807, 2.05) is 12.4 Å². The normalized spacial score (nSPS) is 16.5. The number of nitrogens with zero attached hydrogens (tertiary/aromatic N) is 4. The lowest BCUT2D eigenvalue weighted by Crippen LogP contribution is -2.44. The standard InChI is InChI=1S/C29H33N5/c1-20(23-7-8-27-21(2)30-10-5-6-25(27)16-23)28-17-26(19-32-22(28)3)24-9-11-31-29(18-24)34-14-12-33(4)13-15-34/h7-9,11,16-19,30H,1-2,5-6,10,12-15H2,3-4H3. The fraction of sp³-hybridized carbons (Fsp3) is 0.310. The maximum atomic E-state index is 4.74. The predicted octanol–water partition coefficient (Wildman–Crippen LogP) is 4.77. The van der Waals surface area contributed by atoms with Gasteiger partial charge in [-0.3, -0.25) is 4.98 Å². The Kier molecular flexibility index (Phi) is 6.20. The summed E-state index contributed by atoms with van der Waals surface area (Å²) in [6.07, 6.45) is 6.02. The molecule has 2 aromatic heterocycles. The Bertz CT molecular complexity index is 1240. The Morgan fingerprint density at radius 1 is 1.00 bits per heavy atom. The minimum Gasteiger partial charge on any atom is -0.385 e. The average molecular weight is 452 g/mol. The van der Waals surface area contributed by atoms with Gasteiger partial charge in [-0.25, -0.2) is 4.98 Å². The van der Waals surface area contributed by atoms with Crippen molar-refractivity contribution in [3.05, 3.63) is 89.9 Å². The molecule has 3 aromatic rings. The van der Waals surface area contributed by atoms with Crippen molar-refractivity contribution in [2.24, 2.45) is 0 Å². The zero-order chi connectivity index (χ0) is 23.7. The number of pyridine rings is 2. The number of fused-ring (bicyclic) bond motifs is 1. The fourth-order valence-corrected chi connectivity index (χ4v) is 4.85. The van der Waals surface area contributed by atoms with Crippen LogP contribution in [0.1, 0.15) is 34.4 Å². The van der Waals surface area contributed by atoms with E-state index < -0.39 is 0 Å². The molecule has 0 radical (unpaired) electrons. The Balaban J connectivity index is 1.45. The van der Waals surface area contributed by atoms with Crippen molar-refractivity contribution in [3.63, 3.8) is 0 Å². The molecule has 4 heterocycles. The summed E-state index contributed by atoms with van der Waals surface area (Å²) in [5.74, 6) is 1.03. The van der Waals surface area contributed by atoms with Crippen molar-refractivity contribution >= 4 is 17.1 Å². The lowest BCUT2D eigenvalue weighted by molar-refractivity contribution is 0.312. The highest BCUT2D eigenvalue weighted by molar-refractivity contribution is 5.83. The van der Waals surface area contributed by atoms with E-state index in [4.69, 9.17) is 4.98 Å². The second-order valence-corrected chi connectivity index (χ2v) is 9.41. The number of nitrogens with one attached hydrogen (secondary N) is 1. The number of hydrogen-bond acceptors (Lipinski definition) is 5. The molecule has 1 fully saturated rings. The predicted molar refractivity (Wildman–Crippen MR) is 142 cm³/mol. The number of likely N-dealkylation sites (N-methyl/N-ethyl adjacent to an activating group) is 1. The van der Waals surface area contributed by atoms with Gasteiger partial charge in [0.15, 0.2) is 0 Å². The van der Waals surface area contributed by atoms with Crippen LogP contribution in [0.3, 0.4) is 0 Å². The summed E-state index contributed by atoms with van der Waals surface area (Å²) in [5, 5.41) is 3.41. The molecule has 1 aromatic carbocycles. The molecule has 5 rings (SSSR count). The Labute approximate surface area is 202 Å². The van der Waals surface area contributed by atoms with Crippen LogP contribution in [0.5, 0.6) is 0 Å². The van der Waals surface area contributed by atoms with Crippen molar-refractivity contribution in [1.82, 2.24) is 20.2 Å². The fourth-order valence-electron chi connectivity index (χ4n) is 4.85. The Hall–Kier alpha value is -3.44. The molecule has 2 aliphatic heterocycles. The zero-order valence-electron chi connectivity index (χ0n) is 20.3. The molecule has 0 atom stereocenters. The molecule has 5 heteroatoms. The maximum absolute atomic E-state index is 4.74.